The Morgan fingerprint density at radius 2 is 1.17 bits per heavy atom. The van der Waals surface area contributed by atoms with Gasteiger partial charge in [0, 0.05) is 0 Å². The van der Waals surface area contributed by atoms with Gasteiger partial charge in [-0.1, -0.05) is 85.7 Å². The van der Waals surface area contributed by atoms with Crippen molar-refractivity contribution in [1.29, 1.82) is 0 Å². The SMILES string of the molecule is CC(C)C(=O)OC[C@@H]1[C@@H](OC(=O)C(C)C)[C@H](OC(=O)C(C)C)[C@@H](OC(=O)C(C)C)CN1C(=O)OCc1ccccc1. The van der Waals surface area contributed by atoms with E-state index in [0.717, 1.165) is 5.56 Å². The molecule has 1 fully saturated rings. The molecule has 0 aromatic heterocycles. The Kier molecular flexibility index (Phi) is 12.6. The number of carbonyl (C=O) groups excluding carboxylic acids is 5. The quantitative estimate of drug-likeness (QED) is 0.281. The van der Waals surface area contributed by atoms with Gasteiger partial charge in [0.1, 0.15) is 19.3 Å². The standard InChI is InChI=1S/C30H43NO10/c1-17(2)26(32)37-16-22-24(40-28(34)19(5)6)25(41-29(35)20(7)8)23(39-27(33)18(3)4)14-31(22)30(36)38-15-21-12-10-9-11-13-21/h9-13,17-20,22-25H,14-16H2,1-8H3/t22-,23+,24-,25-/m1/s1. The lowest BCUT2D eigenvalue weighted by Gasteiger charge is -2.46. The van der Waals surface area contributed by atoms with Crippen LogP contribution in [0.5, 0.6) is 0 Å². The second-order valence-electron chi connectivity index (χ2n) is 11.3. The van der Waals surface area contributed by atoms with Crippen molar-refractivity contribution in [1.82, 2.24) is 4.90 Å². The Morgan fingerprint density at radius 3 is 1.68 bits per heavy atom. The molecule has 0 spiro atoms. The lowest BCUT2D eigenvalue weighted by molar-refractivity contribution is -0.211. The van der Waals surface area contributed by atoms with Gasteiger partial charge in [-0.2, -0.15) is 0 Å². The van der Waals surface area contributed by atoms with E-state index in [2.05, 4.69) is 0 Å². The number of hydrogen-bond acceptors (Lipinski definition) is 10. The third-order valence-corrected chi connectivity index (χ3v) is 6.34. The van der Waals surface area contributed by atoms with Gasteiger partial charge < -0.3 is 23.7 Å². The normalized spacial score (nSPS) is 20.6. The molecule has 1 saturated heterocycles. The van der Waals surface area contributed by atoms with E-state index in [4.69, 9.17) is 23.7 Å². The van der Waals surface area contributed by atoms with Crippen LogP contribution in [0.1, 0.15) is 61.0 Å². The number of carbonyl (C=O) groups is 5. The lowest BCUT2D eigenvalue weighted by Crippen LogP contribution is -2.67. The molecule has 1 aliphatic rings. The van der Waals surface area contributed by atoms with E-state index in [0.29, 0.717) is 0 Å². The van der Waals surface area contributed by atoms with Gasteiger partial charge in [0.2, 0.25) is 0 Å². The van der Waals surface area contributed by atoms with Gasteiger partial charge in [0.25, 0.3) is 0 Å². The van der Waals surface area contributed by atoms with E-state index in [1.54, 1.807) is 79.7 Å². The van der Waals surface area contributed by atoms with Crippen molar-refractivity contribution in [3.8, 4) is 0 Å². The molecule has 228 valence electrons. The van der Waals surface area contributed by atoms with Gasteiger partial charge in [0.15, 0.2) is 18.3 Å². The minimum atomic E-state index is -1.34. The maximum atomic E-state index is 13.5. The molecular formula is C30H43NO10. The van der Waals surface area contributed by atoms with Gasteiger partial charge in [-0.25, -0.2) is 4.79 Å². The molecule has 1 aromatic carbocycles. The fourth-order valence-corrected chi connectivity index (χ4v) is 3.79. The van der Waals surface area contributed by atoms with Gasteiger partial charge >= 0.3 is 30.0 Å². The van der Waals surface area contributed by atoms with Crippen LogP contribution in [0, 0.1) is 23.7 Å². The summed E-state index contributed by atoms with van der Waals surface area (Å²) in [4.78, 5) is 65.5. The molecule has 2 rings (SSSR count). The number of amides is 1. The largest absolute Gasteiger partial charge is 0.463 e. The Bertz CT molecular complexity index is 1050. The number of likely N-dealkylation sites (tertiary alicyclic amines) is 1. The minimum Gasteiger partial charge on any atom is -0.463 e. The fourth-order valence-electron chi connectivity index (χ4n) is 3.79. The molecule has 0 N–H and O–H groups in total. The van der Waals surface area contributed by atoms with Crippen molar-refractivity contribution < 1.29 is 47.7 Å². The first-order chi connectivity index (χ1) is 19.2. The predicted octanol–water partition coefficient (Wildman–Crippen LogP) is 3.91. The molecule has 0 saturated carbocycles. The topological polar surface area (TPSA) is 135 Å². The van der Waals surface area contributed by atoms with Crippen LogP contribution < -0.4 is 0 Å². The highest BCUT2D eigenvalue weighted by molar-refractivity contribution is 5.75. The second-order valence-corrected chi connectivity index (χ2v) is 11.3. The molecular weight excluding hydrogens is 534 g/mol. The summed E-state index contributed by atoms with van der Waals surface area (Å²) in [6.45, 7) is 12.4. The number of ether oxygens (including phenoxy) is 5. The highest BCUT2D eigenvalue weighted by atomic mass is 16.6. The summed E-state index contributed by atoms with van der Waals surface area (Å²) in [5.41, 5.74) is 0.731. The van der Waals surface area contributed by atoms with E-state index >= 15 is 0 Å². The number of piperidine rings is 1. The number of rotatable bonds is 11. The maximum Gasteiger partial charge on any atom is 0.410 e. The van der Waals surface area contributed by atoms with Crippen LogP contribution in [0.15, 0.2) is 30.3 Å². The van der Waals surface area contributed by atoms with Gasteiger partial charge in [-0.05, 0) is 5.56 Å². The number of benzene rings is 1. The Hall–Kier alpha value is -3.63. The summed E-state index contributed by atoms with van der Waals surface area (Å²) in [5.74, 6) is -4.54. The Balaban J connectivity index is 2.56. The van der Waals surface area contributed by atoms with Crippen LogP contribution in [0.25, 0.3) is 0 Å². The van der Waals surface area contributed by atoms with Crippen LogP contribution in [0.4, 0.5) is 4.79 Å². The van der Waals surface area contributed by atoms with E-state index in [1.807, 2.05) is 6.07 Å². The Labute approximate surface area is 241 Å². The first-order valence-electron chi connectivity index (χ1n) is 14.0. The molecule has 4 atom stereocenters. The summed E-state index contributed by atoms with van der Waals surface area (Å²) in [5, 5.41) is 0. The minimum absolute atomic E-state index is 0.0622. The number of nitrogens with zero attached hydrogens (tertiary/aromatic N) is 1. The summed E-state index contributed by atoms with van der Waals surface area (Å²) < 4.78 is 28.3. The second kappa shape index (κ2) is 15.4. The average Bonchev–Trinajstić information content (AvgIpc) is 2.92. The van der Waals surface area contributed by atoms with E-state index in [9.17, 15) is 24.0 Å². The number of esters is 4. The summed E-state index contributed by atoms with van der Waals surface area (Å²) in [6, 6.07) is 7.89. The third-order valence-electron chi connectivity index (χ3n) is 6.34. The number of hydrogen-bond donors (Lipinski definition) is 0. The third kappa shape index (κ3) is 9.75. The first kappa shape index (κ1) is 33.6. The maximum absolute atomic E-state index is 13.5. The molecule has 1 heterocycles. The zero-order chi connectivity index (χ0) is 30.9. The molecule has 0 unspecified atom stereocenters. The molecule has 0 aliphatic carbocycles. The fraction of sp³-hybridized carbons (Fsp3) is 0.633. The average molecular weight is 578 g/mol. The van der Waals surface area contributed by atoms with E-state index in [-0.39, 0.29) is 19.8 Å². The van der Waals surface area contributed by atoms with Crippen molar-refractivity contribution in [2.75, 3.05) is 13.2 Å². The first-order valence-corrected chi connectivity index (χ1v) is 14.0. The van der Waals surface area contributed by atoms with Crippen molar-refractivity contribution in [2.45, 2.75) is 86.4 Å². The molecule has 1 aliphatic heterocycles. The summed E-state index contributed by atoms with van der Waals surface area (Å²) >= 11 is 0. The van der Waals surface area contributed by atoms with Crippen LogP contribution in [-0.4, -0.2) is 72.4 Å². The van der Waals surface area contributed by atoms with Crippen molar-refractivity contribution in [2.24, 2.45) is 23.7 Å². The van der Waals surface area contributed by atoms with E-state index in [1.165, 1.54) is 4.90 Å². The smallest absolute Gasteiger partial charge is 0.410 e. The van der Waals surface area contributed by atoms with Gasteiger partial charge in [0.05, 0.1) is 30.2 Å². The van der Waals surface area contributed by atoms with Crippen LogP contribution in [0.3, 0.4) is 0 Å². The molecule has 1 amide bonds. The molecule has 0 radical (unpaired) electrons. The van der Waals surface area contributed by atoms with E-state index < -0.39 is 78.0 Å². The summed E-state index contributed by atoms with van der Waals surface area (Å²) in [7, 11) is 0. The van der Waals surface area contributed by atoms with Crippen LogP contribution >= 0.6 is 0 Å². The van der Waals surface area contributed by atoms with Crippen molar-refractivity contribution >= 4 is 30.0 Å². The monoisotopic (exact) mass is 577 g/mol. The molecule has 0 bridgehead atoms. The highest BCUT2D eigenvalue weighted by Crippen LogP contribution is 2.30. The molecule has 1 aromatic rings. The zero-order valence-corrected chi connectivity index (χ0v) is 25.2. The summed E-state index contributed by atoms with van der Waals surface area (Å²) in [6.07, 6.45) is -4.63. The predicted molar refractivity (Wildman–Crippen MR) is 147 cm³/mol. The molecule has 11 nitrogen and oxygen atoms in total. The van der Waals surface area contributed by atoms with Crippen LogP contribution in [-0.2, 0) is 49.5 Å². The van der Waals surface area contributed by atoms with Crippen molar-refractivity contribution in [3.63, 3.8) is 0 Å². The Morgan fingerprint density at radius 1 is 0.683 bits per heavy atom. The highest BCUT2D eigenvalue weighted by Gasteiger charge is 2.52. The van der Waals surface area contributed by atoms with Crippen LogP contribution in [0.2, 0.25) is 0 Å². The van der Waals surface area contributed by atoms with Crippen molar-refractivity contribution in [3.05, 3.63) is 35.9 Å². The van der Waals surface area contributed by atoms with Gasteiger partial charge in [-0.3, -0.25) is 24.1 Å². The van der Waals surface area contributed by atoms with Gasteiger partial charge in [-0.15, -0.1) is 0 Å². The molecule has 41 heavy (non-hydrogen) atoms. The lowest BCUT2D eigenvalue weighted by atomic mass is 9.93. The zero-order valence-electron chi connectivity index (χ0n) is 25.2. The molecule has 11 heteroatoms.